The number of hydrogen-bond donors (Lipinski definition) is 0. The zero-order chi connectivity index (χ0) is 17.1. The summed E-state index contributed by atoms with van der Waals surface area (Å²) in [6.45, 7) is 4.18. The van der Waals surface area contributed by atoms with Gasteiger partial charge in [0.25, 0.3) is 5.91 Å². The Bertz CT molecular complexity index is 855. The third-order valence-corrected chi connectivity index (χ3v) is 5.39. The van der Waals surface area contributed by atoms with Crippen LogP contribution in [-0.2, 0) is 14.9 Å². The van der Waals surface area contributed by atoms with Gasteiger partial charge in [0, 0.05) is 16.7 Å². The first kappa shape index (κ1) is 14.9. The first-order valence-electron chi connectivity index (χ1n) is 8.08. The molecular formula is C20H19NO3. The lowest BCUT2D eigenvalue weighted by molar-refractivity contribution is -0.143. The van der Waals surface area contributed by atoms with Gasteiger partial charge in [-0.1, -0.05) is 50.2 Å². The van der Waals surface area contributed by atoms with Crippen molar-refractivity contribution in [3.8, 4) is 0 Å². The lowest BCUT2D eigenvalue weighted by Gasteiger charge is -2.42. The first-order chi connectivity index (χ1) is 11.5. The molecule has 0 radical (unpaired) electrons. The van der Waals surface area contributed by atoms with Gasteiger partial charge >= 0.3 is 5.97 Å². The summed E-state index contributed by atoms with van der Waals surface area (Å²) < 4.78 is 5.11. The quantitative estimate of drug-likeness (QED) is 0.757. The number of ether oxygens (including phenoxy) is 1. The lowest BCUT2D eigenvalue weighted by atomic mass is 9.70. The molecule has 0 saturated heterocycles. The molecule has 2 aliphatic heterocycles. The number of anilines is 1. The number of carbonyl (C=O) groups excluding carboxylic acids is 2. The lowest BCUT2D eigenvalue weighted by Crippen LogP contribution is -2.54. The fraction of sp³-hybridized carbons (Fsp3) is 0.300. The number of methoxy groups -OCH3 is 1. The van der Waals surface area contributed by atoms with Crippen molar-refractivity contribution in [1.82, 2.24) is 0 Å². The molecule has 2 aliphatic rings. The largest absolute Gasteiger partial charge is 0.468 e. The Labute approximate surface area is 141 Å². The molecule has 0 N–H and O–H groups in total. The van der Waals surface area contributed by atoms with E-state index in [2.05, 4.69) is 13.8 Å². The van der Waals surface area contributed by atoms with Gasteiger partial charge in [-0.25, -0.2) is 0 Å². The average Bonchev–Trinajstić information content (AvgIpc) is 2.84. The van der Waals surface area contributed by atoms with Gasteiger partial charge in [0.2, 0.25) is 0 Å². The van der Waals surface area contributed by atoms with Gasteiger partial charge < -0.3 is 9.64 Å². The number of carbonyl (C=O) groups is 2. The normalized spacial score (nSPS) is 23.3. The highest BCUT2D eigenvalue weighted by molar-refractivity contribution is 6.12. The van der Waals surface area contributed by atoms with Gasteiger partial charge in [-0.15, -0.1) is 0 Å². The number of amides is 1. The summed E-state index contributed by atoms with van der Waals surface area (Å²) in [7, 11) is 1.40. The van der Waals surface area contributed by atoms with Crippen LogP contribution in [-0.4, -0.2) is 25.0 Å². The second-order valence-corrected chi connectivity index (χ2v) is 6.95. The molecule has 122 valence electrons. The van der Waals surface area contributed by atoms with Crippen LogP contribution in [0.3, 0.4) is 0 Å². The number of para-hydroxylation sites is 1. The predicted octanol–water partition coefficient (Wildman–Crippen LogP) is 3.26. The first-order valence-corrected chi connectivity index (χ1v) is 8.08. The Balaban J connectivity index is 2.02. The highest BCUT2D eigenvalue weighted by Gasteiger charge is 2.56. The summed E-state index contributed by atoms with van der Waals surface area (Å²) in [6, 6.07) is 15.0. The minimum absolute atomic E-state index is 0.0474. The van der Waals surface area contributed by atoms with Gasteiger partial charge in [-0.2, -0.15) is 0 Å². The van der Waals surface area contributed by atoms with Crippen LogP contribution < -0.4 is 4.90 Å². The molecule has 0 saturated carbocycles. The number of hydrogen-bond acceptors (Lipinski definition) is 3. The minimum atomic E-state index is -0.494. The summed E-state index contributed by atoms with van der Waals surface area (Å²) >= 11 is 0. The minimum Gasteiger partial charge on any atom is -0.468 e. The average molecular weight is 321 g/mol. The zero-order valence-electron chi connectivity index (χ0n) is 13.9. The molecule has 0 aliphatic carbocycles. The van der Waals surface area contributed by atoms with Crippen molar-refractivity contribution in [3.63, 3.8) is 0 Å². The second-order valence-electron chi connectivity index (χ2n) is 6.95. The maximum absolute atomic E-state index is 13.2. The molecule has 2 heterocycles. The summed E-state index contributed by atoms with van der Waals surface area (Å²) in [5, 5.41) is 0. The summed E-state index contributed by atoms with van der Waals surface area (Å²) in [6.07, 6.45) is 0. The van der Waals surface area contributed by atoms with Crippen molar-refractivity contribution >= 4 is 17.6 Å². The van der Waals surface area contributed by atoms with Gasteiger partial charge in [0.15, 0.2) is 0 Å². The highest BCUT2D eigenvalue weighted by atomic mass is 16.5. The second kappa shape index (κ2) is 4.94. The Morgan fingerprint density at radius 1 is 1.08 bits per heavy atom. The van der Waals surface area contributed by atoms with Crippen molar-refractivity contribution < 1.29 is 14.3 Å². The maximum atomic E-state index is 13.2. The van der Waals surface area contributed by atoms with E-state index >= 15 is 0 Å². The van der Waals surface area contributed by atoms with E-state index in [1.54, 1.807) is 11.0 Å². The molecule has 4 rings (SSSR count). The van der Waals surface area contributed by atoms with Crippen molar-refractivity contribution in [1.29, 1.82) is 0 Å². The number of benzene rings is 2. The van der Waals surface area contributed by atoms with Crippen LogP contribution in [0.25, 0.3) is 0 Å². The third-order valence-electron chi connectivity index (χ3n) is 5.39. The van der Waals surface area contributed by atoms with E-state index in [0.717, 1.165) is 16.8 Å². The van der Waals surface area contributed by atoms with E-state index in [9.17, 15) is 9.59 Å². The molecule has 4 heteroatoms. The smallest absolute Gasteiger partial charge is 0.315 e. The Hall–Kier alpha value is -2.62. The van der Waals surface area contributed by atoms with E-state index in [1.807, 2.05) is 42.5 Å². The van der Waals surface area contributed by atoms with Crippen LogP contribution >= 0.6 is 0 Å². The summed E-state index contributed by atoms with van der Waals surface area (Å²) in [5.41, 5.74) is 2.97. The topological polar surface area (TPSA) is 46.6 Å². The van der Waals surface area contributed by atoms with Crippen LogP contribution in [0.5, 0.6) is 0 Å². The van der Waals surface area contributed by atoms with Crippen molar-refractivity contribution in [2.75, 3.05) is 12.0 Å². The van der Waals surface area contributed by atoms with E-state index in [0.29, 0.717) is 5.56 Å². The fourth-order valence-corrected chi connectivity index (χ4v) is 4.31. The van der Waals surface area contributed by atoms with Crippen molar-refractivity contribution in [3.05, 3.63) is 65.2 Å². The summed E-state index contributed by atoms with van der Waals surface area (Å²) in [4.78, 5) is 27.6. The molecule has 0 fully saturated rings. The molecule has 4 nitrogen and oxygen atoms in total. The Kier molecular flexibility index (Phi) is 3.07. The predicted molar refractivity (Wildman–Crippen MR) is 91.3 cm³/mol. The van der Waals surface area contributed by atoms with Crippen molar-refractivity contribution in [2.45, 2.75) is 31.2 Å². The number of fused-ring (bicyclic) bond motifs is 4. The molecular weight excluding hydrogens is 302 g/mol. The van der Waals surface area contributed by atoms with Gasteiger partial charge in [0.1, 0.15) is 5.92 Å². The molecule has 0 spiro atoms. The molecule has 24 heavy (non-hydrogen) atoms. The fourth-order valence-electron chi connectivity index (χ4n) is 4.31. The third kappa shape index (κ3) is 1.74. The van der Waals surface area contributed by atoms with Crippen LogP contribution in [0.4, 0.5) is 5.69 Å². The van der Waals surface area contributed by atoms with Crippen LogP contribution in [0.1, 0.15) is 41.3 Å². The Morgan fingerprint density at radius 3 is 2.50 bits per heavy atom. The molecule has 0 bridgehead atoms. The van der Waals surface area contributed by atoms with E-state index < -0.39 is 5.92 Å². The molecule has 0 aromatic heterocycles. The Morgan fingerprint density at radius 2 is 1.75 bits per heavy atom. The van der Waals surface area contributed by atoms with Crippen LogP contribution in [0.2, 0.25) is 0 Å². The van der Waals surface area contributed by atoms with Gasteiger partial charge in [-0.05, 0) is 23.3 Å². The number of esters is 1. The summed E-state index contributed by atoms with van der Waals surface area (Å²) in [5.74, 6) is -0.842. The molecule has 2 aromatic carbocycles. The maximum Gasteiger partial charge on any atom is 0.315 e. The van der Waals surface area contributed by atoms with Crippen LogP contribution in [0, 0.1) is 0 Å². The van der Waals surface area contributed by atoms with Crippen LogP contribution in [0.15, 0.2) is 48.5 Å². The monoisotopic (exact) mass is 321 g/mol. The van der Waals surface area contributed by atoms with E-state index in [4.69, 9.17) is 4.74 Å². The van der Waals surface area contributed by atoms with Crippen molar-refractivity contribution in [2.24, 2.45) is 0 Å². The molecule has 2 atom stereocenters. The van der Waals surface area contributed by atoms with E-state index in [1.165, 1.54) is 7.11 Å². The number of rotatable bonds is 1. The van der Waals surface area contributed by atoms with Gasteiger partial charge in [0.05, 0.1) is 13.2 Å². The standard InChI is InChI=1S/C20H19NO3/c1-20(2)14-10-6-7-11-15(14)21-17(20)16(19(23)24-3)12-8-4-5-9-13(12)18(21)22/h4-11,16-17H,1-3H3. The molecule has 2 aromatic rings. The highest BCUT2D eigenvalue weighted by Crippen LogP contribution is 2.53. The van der Waals surface area contributed by atoms with E-state index in [-0.39, 0.29) is 23.3 Å². The zero-order valence-corrected chi connectivity index (χ0v) is 13.9. The molecule has 2 unspecified atom stereocenters. The van der Waals surface area contributed by atoms with Gasteiger partial charge in [-0.3, -0.25) is 9.59 Å². The number of nitrogens with zero attached hydrogens (tertiary/aromatic N) is 1. The SMILES string of the molecule is COC(=O)C1c2ccccc2C(=O)N2c3ccccc3C(C)(C)C12. The molecule has 1 amide bonds.